The van der Waals surface area contributed by atoms with Crippen LogP contribution in [0, 0.1) is 10.5 Å². The van der Waals surface area contributed by atoms with Gasteiger partial charge in [0.2, 0.25) is 0 Å². The number of aryl methyl sites for hydroxylation is 2. The van der Waals surface area contributed by atoms with Crippen LogP contribution in [0.15, 0.2) is 30.3 Å². The van der Waals surface area contributed by atoms with E-state index >= 15 is 0 Å². The van der Waals surface area contributed by atoms with Crippen LogP contribution in [0.2, 0.25) is 0 Å². The zero-order chi connectivity index (χ0) is 13.8. The molecule has 1 heterocycles. The van der Waals surface area contributed by atoms with Crippen LogP contribution < -0.4 is 5.32 Å². The lowest BCUT2D eigenvalue weighted by atomic mass is 10.0. The molecule has 1 aromatic carbocycles. The average molecular weight is 385 g/mol. The van der Waals surface area contributed by atoms with Gasteiger partial charge in [-0.2, -0.15) is 0 Å². The van der Waals surface area contributed by atoms with Gasteiger partial charge >= 0.3 is 0 Å². The molecule has 0 saturated heterocycles. The Morgan fingerprint density at radius 2 is 1.95 bits per heavy atom. The lowest BCUT2D eigenvalue weighted by Crippen LogP contribution is -2.19. The van der Waals surface area contributed by atoms with E-state index in [9.17, 15) is 0 Å². The Balaban J connectivity index is 2.22. The average Bonchev–Trinajstić information content (AvgIpc) is 2.87. The molecule has 0 saturated carbocycles. The van der Waals surface area contributed by atoms with Crippen LogP contribution >= 0.6 is 33.9 Å². The van der Waals surface area contributed by atoms with Gasteiger partial charge in [-0.3, -0.25) is 0 Å². The number of thiophene rings is 1. The number of halogens is 1. The van der Waals surface area contributed by atoms with Gasteiger partial charge in [-0.25, -0.2) is 0 Å². The Morgan fingerprint density at radius 3 is 2.58 bits per heavy atom. The molecular weight excluding hydrogens is 365 g/mol. The predicted molar refractivity (Wildman–Crippen MR) is 93.1 cm³/mol. The molecule has 1 N–H and O–H groups in total. The second-order valence-corrected chi connectivity index (χ2v) is 7.08. The summed E-state index contributed by atoms with van der Waals surface area (Å²) in [5, 5.41) is 3.46. The monoisotopic (exact) mass is 385 g/mol. The first-order chi connectivity index (χ1) is 9.15. The van der Waals surface area contributed by atoms with Crippen molar-refractivity contribution in [1.29, 1.82) is 0 Å². The highest BCUT2D eigenvalue weighted by atomic mass is 127. The fraction of sp³-hybridized carbons (Fsp3) is 0.375. The van der Waals surface area contributed by atoms with Crippen molar-refractivity contribution in [2.75, 3.05) is 7.05 Å². The zero-order valence-electron chi connectivity index (χ0n) is 11.7. The minimum atomic E-state index is 0.398. The molecule has 0 aliphatic rings. The van der Waals surface area contributed by atoms with Gasteiger partial charge in [0.1, 0.15) is 0 Å². The number of nitrogens with one attached hydrogen (secondary N) is 1. The van der Waals surface area contributed by atoms with Crippen LogP contribution in [0.5, 0.6) is 0 Å². The van der Waals surface area contributed by atoms with Crippen molar-refractivity contribution in [3.63, 3.8) is 0 Å². The van der Waals surface area contributed by atoms with E-state index in [-0.39, 0.29) is 0 Å². The van der Waals surface area contributed by atoms with Crippen molar-refractivity contribution in [3.05, 3.63) is 54.8 Å². The minimum absolute atomic E-state index is 0.398. The molecule has 0 spiro atoms. The summed E-state index contributed by atoms with van der Waals surface area (Å²) in [5.41, 5.74) is 2.77. The molecule has 3 heteroatoms. The molecule has 0 bridgehead atoms. The van der Waals surface area contributed by atoms with Crippen molar-refractivity contribution in [3.8, 4) is 0 Å². The molecule has 0 amide bonds. The van der Waals surface area contributed by atoms with Crippen LogP contribution in [0.25, 0.3) is 0 Å². The number of likely N-dealkylation sites (N-methyl/N-ethyl adjacent to an activating group) is 1. The van der Waals surface area contributed by atoms with Crippen LogP contribution in [-0.2, 0) is 12.8 Å². The summed E-state index contributed by atoms with van der Waals surface area (Å²) < 4.78 is 1.38. The van der Waals surface area contributed by atoms with Crippen molar-refractivity contribution in [2.24, 2.45) is 0 Å². The molecule has 0 aliphatic carbocycles. The normalized spacial score (nSPS) is 12.6. The summed E-state index contributed by atoms with van der Waals surface area (Å²) in [4.78, 5) is 2.94. The van der Waals surface area contributed by atoms with Crippen molar-refractivity contribution < 1.29 is 0 Å². The molecule has 102 valence electrons. The molecular formula is C16H20INS. The van der Waals surface area contributed by atoms with Crippen LogP contribution in [-0.4, -0.2) is 7.05 Å². The first-order valence-corrected chi connectivity index (χ1v) is 8.55. The first-order valence-electron chi connectivity index (χ1n) is 6.65. The highest BCUT2D eigenvalue weighted by Crippen LogP contribution is 2.28. The van der Waals surface area contributed by atoms with Gasteiger partial charge in [0.15, 0.2) is 0 Å². The van der Waals surface area contributed by atoms with E-state index < -0.39 is 0 Å². The molecule has 1 unspecified atom stereocenters. The van der Waals surface area contributed by atoms with Gasteiger partial charge < -0.3 is 5.32 Å². The Labute approximate surface area is 133 Å². The molecule has 1 atom stereocenters. The maximum absolute atomic E-state index is 3.46. The highest BCUT2D eigenvalue weighted by molar-refractivity contribution is 14.1. The third-order valence-corrected chi connectivity index (χ3v) is 6.14. The topological polar surface area (TPSA) is 12.0 Å². The number of hydrogen-bond acceptors (Lipinski definition) is 2. The molecule has 0 radical (unpaired) electrons. The van der Waals surface area contributed by atoms with Crippen molar-refractivity contribution >= 4 is 33.9 Å². The van der Waals surface area contributed by atoms with Crippen molar-refractivity contribution in [2.45, 2.75) is 32.7 Å². The van der Waals surface area contributed by atoms with Gasteiger partial charge in [0.05, 0.1) is 0 Å². The summed E-state index contributed by atoms with van der Waals surface area (Å²) in [6, 6.07) is 11.5. The number of benzene rings is 1. The van der Waals surface area contributed by atoms with Gasteiger partial charge in [-0.15, -0.1) is 11.3 Å². The Morgan fingerprint density at radius 1 is 1.21 bits per heavy atom. The van der Waals surface area contributed by atoms with E-state index in [1.807, 2.05) is 11.3 Å². The number of rotatable bonds is 5. The summed E-state index contributed by atoms with van der Waals surface area (Å²) in [6.07, 6.45) is 2.21. The highest BCUT2D eigenvalue weighted by Gasteiger charge is 2.15. The van der Waals surface area contributed by atoms with Crippen LogP contribution in [0.4, 0.5) is 0 Å². The quantitative estimate of drug-likeness (QED) is 0.734. The van der Waals surface area contributed by atoms with E-state index in [1.54, 1.807) is 0 Å². The molecule has 2 aromatic rings. The molecule has 0 fully saturated rings. The van der Waals surface area contributed by atoms with Gasteiger partial charge in [0.25, 0.3) is 0 Å². The zero-order valence-corrected chi connectivity index (χ0v) is 14.6. The SMILES string of the molecule is CCc1ccc(CC(NC)c2cccc(C)c2I)s1. The Bertz CT molecular complexity index is 547. The Kier molecular flexibility index (Phi) is 5.42. The Hall–Kier alpha value is -0.390. The summed E-state index contributed by atoms with van der Waals surface area (Å²) >= 11 is 4.40. The lowest BCUT2D eigenvalue weighted by molar-refractivity contribution is 0.593. The standard InChI is InChI=1S/C16H20INS/c1-4-12-8-9-13(19-12)10-15(18-3)14-7-5-6-11(2)16(14)17/h5-9,15,18H,4,10H2,1-3H3. The number of hydrogen-bond donors (Lipinski definition) is 1. The second kappa shape index (κ2) is 6.86. The van der Waals surface area contributed by atoms with Gasteiger partial charge in [0, 0.05) is 25.8 Å². The maximum Gasteiger partial charge on any atom is 0.0376 e. The fourth-order valence-electron chi connectivity index (χ4n) is 2.23. The third-order valence-electron chi connectivity index (χ3n) is 3.42. The molecule has 1 nitrogen and oxygen atoms in total. The van der Waals surface area contributed by atoms with Crippen LogP contribution in [0.3, 0.4) is 0 Å². The lowest BCUT2D eigenvalue weighted by Gasteiger charge is -2.18. The van der Waals surface area contributed by atoms with E-state index in [0.717, 1.165) is 12.8 Å². The molecule has 1 aromatic heterocycles. The van der Waals surface area contributed by atoms with Gasteiger partial charge in [-0.05, 0) is 66.2 Å². The van der Waals surface area contributed by atoms with Crippen molar-refractivity contribution in [1.82, 2.24) is 5.32 Å². The third kappa shape index (κ3) is 3.58. The van der Waals surface area contributed by atoms with E-state index in [0.29, 0.717) is 6.04 Å². The first kappa shape index (κ1) is 15.0. The molecule has 2 rings (SSSR count). The smallest absolute Gasteiger partial charge is 0.0376 e. The molecule has 19 heavy (non-hydrogen) atoms. The summed E-state index contributed by atoms with van der Waals surface area (Å²) in [6.45, 7) is 4.40. The summed E-state index contributed by atoms with van der Waals surface area (Å²) in [7, 11) is 2.05. The second-order valence-electron chi connectivity index (χ2n) is 4.75. The largest absolute Gasteiger partial charge is 0.313 e. The molecule has 0 aliphatic heterocycles. The maximum atomic E-state index is 3.46. The van der Waals surface area contributed by atoms with Gasteiger partial charge in [-0.1, -0.05) is 25.1 Å². The van der Waals surface area contributed by atoms with E-state index in [2.05, 4.69) is 79.1 Å². The minimum Gasteiger partial charge on any atom is -0.313 e. The predicted octanol–water partition coefficient (Wildman–Crippen LogP) is 4.73. The van der Waals surface area contributed by atoms with E-state index in [1.165, 1.54) is 24.5 Å². The van der Waals surface area contributed by atoms with Crippen LogP contribution in [0.1, 0.15) is 33.8 Å². The fourth-order valence-corrected chi connectivity index (χ4v) is 3.97. The van der Waals surface area contributed by atoms with E-state index in [4.69, 9.17) is 0 Å². The summed E-state index contributed by atoms with van der Waals surface area (Å²) in [5.74, 6) is 0.